The van der Waals surface area contributed by atoms with Crippen molar-refractivity contribution in [3.63, 3.8) is 0 Å². The Balaban J connectivity index is 1.78. The van der Waals surface area contributed by atoms with Crippen molar-refractivity contribution in [3.8, 4) is 23.0 Å². The second-order valence-electron chi connectivity index (χ2n) is 8.83. The van der Waals surface area contributed by atoms with Gasteiger partial charge in [-0.3, -0.25) is 4.79 Å². The molecule has 0 bridgehead atoms. The van der Waals surface area contributed by atoms with Crippen LogP contribution in [0, 0.1) is 18.8 Å². The quantitative estimate of drug-likeness (QED) is 0.507. The van der Waals surface area contributed by atoms with Gasteiger partial charge in [0.05, 0.1) is 19.1 Å². The number of aryl methyl sites for hydroxylation is 1. The van der Waals surface area contributed by atoms with E-state index in [1.54, 1.807) is 18.2 Å². The number of fused-ring (bicyclic) bond motifs is 2. The van der Waals surface area contributed by atoms with Crippen molar-refractivity contribution in [2.24, 2.45) is 11.8 Å². The van der Waals surface area contributed by atoms with Gasteiger partial charge in [-0.05, 0) is 61.9 Å². The molecule has 0 amide bonds. The molecule has 1 heterocycles. The van der Waals surface area contributed by atoms with Gasteiger partial charge in [0.2, 0.25) is 0 Å². The minimum Gasteiger partial charge on any atom is -0.495 e. The van der Waals surface area contributed by atoms with Crippen LogP contribution in [-0.4, -0.2) is 24.2 Å². The maximum absolute atomic E-state index is 12.9. The molecule has 0 spiro atoms. The van der Waals surface area contributed by atoms with E-state index >= 15 is 0 Å². The predicted octanol–water partition coefficient (Wildman–Crippen LogP) is 4.86. The predicted molar refractivity (Wildman–Crippen MR) is 116 cm³/mol. The Morgan fingerprint density at radius 2 is 2.00 bits per heavy atom. The highest BCUT2D eigenvalue weighted by Gasteiger charge is 2.34. The summed E-state index contributed by atoms with van der Waals surface area (Å²) in [6, 6.07) is 6.86. The average Bonchev–Trinajstić information content (AvgIpc) is 3.57. The van der Waals surface area contributed by atoms with Crippen LogP contribution in [0.3, 0.4) is 0 Å². The van der Waals surface area contributed by atoms with Gasteiger partial charge in [-0.2, -0.15) is 0 Å². The van der Waals surface area contributed by atoms with E-state index in [0.29, 0.717) is 29.0 Å². The van der Waals surface area contributed by atoms with Crippen molar-refractivity contribution in [2.45, 2.75) is 52.7 Å². The van der Waals surface area contributed by atoms with Crippen LogP contribution in [0.25, 0.3) is 0 Å². The zero-order valence-electron chi connectivity index (χ0n) is 18.8. The number of aliphatic hydroxyl groups is 1. The van der Waals surface area contributed by atoms with Crippen LogP contribution >= 0.6 is 0 Å². The molecule has 1 N–H and O–H groups in total. The number of ether oxygens (including phenoxy) is 4. The number of hydrogen-bond donors (Lipinski definition) is 1. The fourth-order valence-electron chi connectivity index (χ4n) is 3.86. The van der Waals surface area contributed by atoms with Crippen LogP contribution in [0.1, 0.15) is 66.3 Å². The second-order valence-corrected chi connectivity index (χ2v) is 8.83. The monoisotopic (exact) mass is 440 g/mol. The molecular weight excluding hydrogens is 412 g/mol. The summed E-state index contributed by atoms with van der Waals surface area (Å²) in [7, 11) is 1.44. The van der Waals surface area contributed by atoms with Crippen LogP contribution < -0.4 is 14.2 Å². The highest BCUT2D eigenvalue weighted by atomic mass is 16.6. The Kier molecular flexibility index (Phi) is 6.11. The highest BCUT2D eigenvalue weighted by molar-refractivity contribution is 5.96. The third-order valence-electron chi connectivity index (χ3n) is 5.58. The van der Waals surface area contributed by atoms with E-state index in [4.69, 9.17) is 18.9 Å². The molecule has 7 heteroatoms. The van der Waals surface area contributed by atoms with Crippen molar-refractivity contribution in [1.29, 1.82) is 0 Å². The van der Waals surface area contributed by atoms with E-state index in [0.717, 1.165) is 18.4 Å². The molecule has 0 saturated heterocycles. The van der Waals surface area contributed by atoms with Crippen LogP contribution in [-0.2, 0) is 16.1 Å². The molecule has 1 saturated carbocycles. The SMILES string of the molecule is COc1c([C@@H](O)CC(C)C)ccc2c1C(=O)OCc1cc(C)cc(OC(=O)C3CC3)c1O2. The summed E-state index contributed by atoms with van der Waals surface area (Å²) >= 11 is 0. The van der Waals surface area contributed by atoms with Crippen LogP contribution in [0.4, 0.5) is 0 Å². The van der Waals surface area contributed by atoms with Crippen LogP contribution in [0.15, 0.2) is 24.3 Å². The molecule has 1 aliphatic carbocycles. The summed E-state index contributed by atoms with van der Waals surface area (Å²) in [5.74, 6) is 0.325. The lowest BCUT2D eigenvalue weighted by molar-refractivity contribution is -0.135. The number of methoxy groups -OCH3 is 1. The van der Waals surface area contributed by atoms with Gasteiger partial charge in [0, 0.05) is 11.1 Å². The van der Waals surface area contributed by atoms with Crippen molar-refractivity contribution in [1.82, 2.24) is 0 Å². The summed E-state index contributed by atoms with van der Waals surface area (Å²) < 4.78 is 22.9. The lowest BCUT2D eigenvalue weighted by Crippen LogP contribution is -2.16. The zero-order chi connectivity index (χ0) is 23.0. The number of carbonyl (C=O) groups is 2. The Morgan fingerprint density at radius 3 is 2.66 bits per heavy atom. The van der Waals surface area contributed by atoms with Crippen molar-refractivity contribution in [2.75, 3.05) is 7.11 Å². The molecule has 1 fully saturated rings. The fourth-order valence-corrected chi connectivity index (χ4v) is 3.86. The van der Waals surface area contributed by atoms with Gasteiger partial charge in [0.1, 0.15) is 23.7 Å². The molecule has 0 aromatic heterocycles. The summed E-state index contributed by atoms with van der Waals surface area (Å²) in [4.78, 5) is 25.3. The Morgan fingerprint density at radius 1 is 1.25 bits per heavy atom. The van der Waals surface area contributed by atoms with Gasteiger partial charge in [0.15, 0.2) is 11.5 Å². The van der Waals surface area contributed by atoms with Gasteiger partial charge in [-0.15, -0.1) is 0 Å². The molecule has 7 nitrogen and oxygen atoms in total. The molecule has 2 aromatic carbocycles. The van der Waals surface area contributed by atoms with Gasteiger partial charge in [-0.25, -0.2) is 4.79 Å². The average molecular weight is 440 g/mol. The Labute approximate surface area is 187 Å². The highest BCUT2D eigenvalue weighted by Crippen LogP contribution is 2.45. The van der Waals surface area contributed by atoms with Gasteiger partial charge in [-0.1, -0.05) is 13.8 Å². The molecule has 170 valence electrons. The number of carbonyl (C=O) groups excluding carboxylic acids is 2. The molecule has 2 aliphatic rings. The largest absolute Gasteiger partial charge is 0.495 e. The molecule has 2 aromatic rings. The number of aliphatic hydroxyl groups excluding tert-OH is 1. The Hall–Kier alpha value is -3.06. The second kappa shape index (κ2) is 8.82. The van der Waals surface area contributed by atoms with E-state index in [-0.39, 0.29) is 41.5 Å². The number of hydrogen-bond acceptors (Lipinski definition) is 7. The molecule has 4 rings (SSSR count). The lowest BCUT2D eigenvalue weighted by atomic mass is 9.96. The first-order chi connectivity index (χ1) is 15.3. The van der Waals surface area contributed by atoms with Gasteiger partial charge >= 0.3 is 11.9 Å². The van der Waals surface area contributed by atoms with Crippen LogP contribution in [0.2, 0.25) is 0 Å². The van der Waals surface area contributed by atoms with Gasteiger partial charge in [0.25, 0.3) is 0 Å². The minimum absolute atomic E-state index is 0.0504. The van der Waals surface area contributed by atoms with Crippen molar-refractivity contribution < 1.29 is 33.6 Å². The fraction of sp³-hybridized carbons (Fsp3) is 0.440. The third-order valence-corrected chi connectivity index (χ3v) is 5.58. The number of rotatable bonds is 6. The van der Waals surface area contributed by atoms with E-state index in [2.05, 4.69) is 0 Å². The molecular formula is C25H28O7. The first-order valence-electron chi connectivity index (χ1n) is 10.9. The molecule has 32 heavy (non-hydrogen) atoms. The summed E-state index contributed by atoms with van der Waals surface area (Å²) in [6.45, 7) is 5.83. The van der Waals surface area contributed by atoms with E-state index in [1.165, 1.54) is 7.11 Å². The molecule has 0 radical (unpaired) electrons. The summed E-state index contributed by atoms with van der Waals surface area (Å²) in [5.41, 5.74) is 2.04. The minimum atomic E-state index is -0.807. The summed E-state index contributed by atoms with van der Waals surface area (Å²) in [5, 5.41) is 10.7. The lowest BCUT2D eigenvalue weighted by Gasteiger charge is -2.24. The maximum atomic E-state index is 12.9. The normalized spacial score (nSPS) is 16.1. The van der Waals surface area contributed by atoms with E-state index in [1.807, 2.05) is 26.8 Å². The first kappa shape index (κ1) is 22.1. The smallest absolute Gasteiger partial charge is 0.346 e. The molecule has 1 atom stereocenters. The molecule has 0 unspecified atom stereocenters. The number of esters is 2. The van der Waals surface area contributed by atoms with E-state index < -0.39 is 12.1 Å². The van der Waals surface area contributed by atoms with E-state index in [9.17, 15) is 14.7 Å². The van der Waals surface area contributed by atoms with Gasteiger partial charge < -0.3 is 24.1 Å². The molecule has 1 aliphatic heterocycles. The van der Waals surface area contributed by atoms with Crippen molar-refractivity contribution in [3.05, 3.63) is 46.5 Å². The van der Waals surface area contributed by atoms with Crippen molar-refractivity contribution >= 4 is 11.9 Å². The first-order valence-corrected chi connectivity index (χ1v) is 10.9. The number of benzene rings is 2. The Bertz CT molecular complexity index is 1050. The van der Waals surface area contributed by atoms with Crippen LogP contribution in [0.5, 0.6) is 23.0 Å². The summed E-state index contributed by atoms with van der Waals surface area (Å²) in [6.07, 6.45) is 1.35. The zero-order valence-corrected chi connectivity index (χ0v) is 18.8. The topological polar surface area (TPSA) is 91.3 Å². The number of cyclic esters (lactones) is 1. The third kappa shape index (κ3) is 4.43. The maximum Gasteiger partial charge on any atom is 0.346 e. The standard InChI is InChI=1S/C25H28O7/c1-13(2)9-18(26)17-7-8-19-21(23(17)29-4)25(28)30-12-16-10-14(3)11-20(22(16)31-19)32-24(27)15-5-6-15/h7-8,10-11,13,15,18,26H,5-6,9,12H2,1-4H3/t18-/m0/s1.